The van der Waals surface area contributed by atoms with Crippen LogP contribution in [0.25, 0.3) is 0 Å². The highest BCUT2D eigenvalue weighted by Crippen LogP contribution is 2.41. The number of amides is 2. The molecule has 0 aliphatic carbocycles. The first kappa shape index (κ1) is 29.7. The molecular weight excluding hydrogens is 502 g/mol. The lowest BCUT2D eigenvalue weighted by atomic mass is 9.95. The maximum atomic E-state index is 13.8. The van der Waals surface area contributed by atoms with Crippen molar-refractivity contribution in [3.63, 3.8) is 0 Å². The van der Waals surface area contributed by atoms with Crippen molar-refractivity contribution in [2.45, 2.75) is 77.4 Å². The lowest BCUT2D eigenvalue weighted by molar-refractivity contribution is -0.130. The monoisotopic (exact) mass is 543 g/mol. The van der Waals surface area contributed by atoms with Crippen molar-refractivity contribution in [1.82, 2.24) is 4.90 Å². The number of nitrogens with zero attached hydrogens (tertiary/aromatic N) is 1. The quantitative estimate of drug-likeness (QED) is 0.253. The Bertz CT molecular complexity index is 1130. The summed E-state index contributed by atoms with van der Waals surface area (Å²) in [6.07, 6.45) is -1.19. The average molecular weight is 544 g/mol. The van der Waals surface area contributed by atoms with Gasteiger partial charge in [-0.1, -0.05) is 51.1 Å². The molecule has 0 bridgehead atoms. The van der Waals surface area contributed by atoms with Crippen molar-refractivity contribution in [3.05, 3.63) is 59.2 Å². The zero-order valence-electron chi connectivity index (χ0n) is 24.0. The third-order valence-corrected chi connectivity index (χ3v) is 12.1. The molecule has 2 aromatic carbocycles. The van der Waals surface area contributed by atoms with Crippen molar-refractivity contribution in [1.29, 1.82) is 0 Å². The molecule has 38 heavy (non-hydrogen) atoms. The van der Waals surface area contributed by atoms with Crippen LogP contribution in [0.15, 0.2) is 42.5 Å². The van der Waals surface area contributed by atoms with Gasteiger partial charge in [-0.25, -0.2) is 9.69 Å². The van der Waals surface area contributed by atoms with E-state index in [1.54, 1.807) is 20.1 Å². The van der Waals surface area contributed by atoms with Crippen LogP contribution in [0.4, 0.5) is 4.79 Å². The van der Waals surface area contributed by atoms with Gasteiger partial charge in [-0.2, -0.15) is 0 Å². The highest BCUT2D eigenvalue weighted by Gasteiger charge is 2.45. The van der Waals surface area contributed by atoms with Crippen LogP contribution in [0, 0.1) is 0 Å². The van der Waals surface area contributed by atoms with Crippen LogP contribution in [0.5, 0.6) is 11.5 Å². The molecule has 0 unspecified atom stereocenters. The van der Waals surface area contributed by atoms with E-state index in [-0.39, 0.29) is 17.7 Å². The van der Waals surface area contributed by atoms with E-state index in [1.807, 2.05) is 43.3 Å². The van der Waals surface area contributed by atoms with Crippen LogP contribution in [-0.2, 0) is 25.3 Å². The maximum absolute atomic E-state index is 13.8. The average Bonchev–Trinajstić information content (AvgIpc) is 3.18. The van der Waals surface area contributed by atoms with Crippen LogP contribution in [0.2, 0.25) is 18.1 Å². The number of imide groups is 1. The van der Waals surface area contributed by atoms with Crippen molar-refractivity contribution >= 4 is 20.3 Å². The van der Waals surface area contributed by atoms with E-state index in [0.717, 1.165) is 11.1 Å². The Morgan fingerprint density at radius 3 is 2.34 bits per heavy atom. The Kier molecular flexibility index (Phi) is 9.28. The zero-order valence-corrected chi connectivity index (χ0v) is 25.0. The topological polar surface area (TPSA) is 83.5 Å². The van der Waals surface area contributed by atoms with Gasteiger partial charge in [-0.05, 0) is 43.6 Å². The lowest BCUT2D eigenvalue weighted by Crippen LogP contribution is -2.40. The van der Waals surface area contributed by atoms with E-state index in [0.29, 0.717) is 23.7 Å². The second-order valence-electron chi connectivity index (χ2n) is 11.2. The minimum atomic E-state index is -2.05. The molecule has 8 nitrogen and oxygen atoms in total. The third-order valence-electron chi connectivity index (χ3n) is 7.61. The SMILES string of the molecule is COCOc1cc(OC)c(CO[Si](C)(C)C(C)(C)C)cc1[C@@H](C)C(=O)N1C(=O)O[C@@H](c2ccccc2)[C@H]1C. The summed E-state index contributed by atoms with van der Waals surface area (Å²) >= 11 is 0. The summed E-state index contributed by atoms with van der Waals surface area (Å²) < 4.78 is 28.7. The largest absolute Gasteiger partial charge is 0.496 e. The fraction of sp³-hybridized carbons (Fsp3) is 0.517. The van der Waals surface area contributed by atoms with E-state index >= 15 is 0 Å². The number of hydrogen-bond donors (Lipinski definition) is 0. The molecule has 0 radical (unpaired) electrons. The van der Waals surface area contributed by atoms with Crippen LogP contribution in [0.3, 0.4) is 0 Å². The Morgan fingerprint density at radius 2 is 1.76 bits per heavy atom. The molecule has 1 fully saturated rings. The maximum Gasteiger partial charge on any atom is 0.417 e. The number of rotatable bonds is 10. The van der Waals surface area contributed by atoms with Crippen molar-refractivity contribution < 1.29 is 33.0 Å². The van der Waals surface area contributed by atoms with Gasteiger partial charge in [0.25, 0.3) is 0 Å². The molecule has 0 aromatic heterocycles. The predicted molar refractivity (Wildman–Crippen MR) is 148 cm³/mol. The summed E-state index contributed by atoms with van der Waals surface area (Å²) in [5.74, 6) is -0.0368. The fourth-order valence-corrected chi connectivity index (χ4v) is 5.12. The number of carbonyl (C=O) groups excluding carboxylic acids is 2. The lowest BCUT2D eigenvalue weighted by Gasteiger charge is -2.36. The summed E-state index contributed by atoms with van der Waals surface area (Å²) in [5.41, 5.74) is 2.26. The zero-order chi connectivity index (χ0) is 28.3. The first-order valence-electron chi connectivity index (χ1n) is 12.9. The molecule has 3 rings (SSSR count). The van der Waals surface area contributed by atoms with Gasteiger partial charge in [0.2, 0.25) is 5.91 Å². The molecular formula is C29H41NO7Si. The van der Waals surface area contributed by atoms with Crippen LogP contribution in [0.1, 0.15) is 63.3 Å². The summed E-state index contributed by atoms with van der Waals surface area (Å²) in [5, 5.41) is 0.0371. The Hall–Kier alpha value is -2.88. The standard InChI is InChI=1S/C29H41NO7Si/c1-19(27(31)30-20(2)26(37-28(30)32)21-13-11-10-12-14-21)23-15-22(17-36-38(8,9)29(3,4)5)24(34-7)16-25(23)35-18-33-6/h10-16,19-20,26H,17-18H2,1-9H3/t19-,20-,26-/m1/s1. The highest BCUT2D eigenvalue weighted by atomic mass is 28.4. The van der Waals surface area contributed by atoms with Gasteiger partial charge < -0.3 is 23.4 Å². The summed E-state index contributed by atoms with van der Waals surface area (Å²) in [6.45, 7) is 14.8. The number of carbonyl (C=O) groups is 2. The fourth-order valence-electron chi connectivity index (χ4n) is 4.18. The summed E-state index contributed by atoms with van der Waals surface area (Å²) in [4.78, 5) is 27.8. The molecule has 2 aromatic rings. The van der Waals surface area contributed by atoms with Crippen molar-refractivity contribution in [2.75, 3.05) is 21.0 Å². The highest BCUT2D eigenvalue weighted by molar-refractivity contribution is 6.74. The molecule has 1 aliphatic rings. The van der Waals surface area contributed by atoms with Crippen LogP contribution in [-0.4, -0.2) is 52.3 Å². The second-order valence-corrected chi connectivity index (χ2v) is 16.0. The summed E-state index contributed by atoms with van der Waals surface area (Å²) in [7, 11) is 1.07. The number of ether oxygens (including phenoxy) is 4. The number of cyclic esters (lactones) is 1. The van der Waals surface area contributed by atoms with Gasteiger partial charge in [0.05, 0.1) is 25.7 Å². The molecule has 0 spiro atoms. The minimum Gasteiger partial charge on any atom is -0.496 e. The first-order valence-corrected chi connectivity index (χ1v) is 15.8. The molecule has 1 aliphatic heterocycles. The molecule has 9 heteroatoms. The molecule has 3 atom stereocenters. The molecule has 208 valence electrons. The van der Waals surface area contributed by atoms with E-state index in [4.69, 9.17) is 23.4 Å². The Morgan fingerprint density at radius 1 is 1.11 bits per heavy atom. The predicted octanol–water partition coefficient (Wildman–Crippen LogP) is 6.41. The van der Waals surface area contributed by atoms with Gasteiger partial charge in [0.1, 0.15) is 17.6 Å². The van der Waals surface area contributed by atoms with E-state index in [2.05, 4.69) is 33.9 Å². The van der Waals surface area contributed by atoms with Gasteiger partial charge in [0, 0.05) is 24.3 Å². The Balaban J connectivity index is 1.94. The summed E-state index contributed by atoms with van der Waals surface area (Å²) in [6, 6.07) is 12.6. The number of hydrogen-bond acceptors (Lipinski definition) is 7. The van der Waals surface area contributed by atoms with E-state index in [9.17, 15) is 9.59 Å². The normalized spacial score (nSPS) is 18.8. The second kappa shape index (κ2) is 11.9. The first-order chi connectivity index (χ1) is 17.8. The van der Waals surface area contributed by atoms with Crippen molar-refractivity contribution in [2.24, 2.45) is 0 Å². The molecule has 2 amide bonds. The van der Waals surface area contributed by atoms with E-state index < -0.39 is 32.5 Å². The molecule has 1 saturated heterocycles. The third kappa shape index (κ3) is 6.22. The van der Waals surface area contributed by atoms with Crippen LogP contribution >= 0.6 is 0 Å². The number of benzene rings is 2. The van der Waals surface area contributed by atoms with Gasteiger partial charge in [0.15, 0.2) is 15.1 Å². The molecule has 0 N–H and O–H groups in total. The van der Waals surface area contributed by atoms with Gasteiger partial charge in [-0.3, -0.25) is 4.79 Å². The minimum absolute atomic E-state index is 0.00484. The smallest absolute Gasteiger partial charge is 0.417 e. The van der Waals surface area contributed by atoms with Crippen LogP contribution < -0.4 is 9.47 Å². The van der Waals surface area contributed by atoms with E-state index in [1.165, 1.54) is 12.0 Å². The van der Waals surface area contributed by atoms with Gasteiger partial charge in [-0.15, -0.1) is 0 Å². The number of methoxy groups -OCH3 is 2. The molecule has 0 saturated carbocycles. The van der Waals surface area contributed by atoms with Gasteiger partial charge >= 0.3 is 6.09 Å². The van der Waals surface area contributed by atoms with Crippen molar-refractivity contribution in [3.8, 4) is 11.5 Å². The Labute approximate surface area is 227 Å². The molecule has 1 heterocycles.